The molecule has 0 saturated heterocycles. The molecule has 5 aliphatic rings. The van der Waals surface area contributed by atoms with Gasteiger partial charge in [0.15, 0.2) is 57.8 Å². The van der Waals surface area contributed by atoms with E-state index in [2.05, 4.69) is 129 Å². The van der Waals surface area contributed by atoms with E-state index in [1.807, 2.05) is 48.5 Å². The van der Waals surface area contributed by atoms with Gasteiger partial charge in [0.05, 0.1) is 50.8 Å². The first-order valence-corrected chi connectivity index (χ1v) is 31.5. The summed E-state index contributed by atoms with van der Waals surface area (Å²) in [6.07, 6.45) is 4.04. The number of aromatic nitrogens is 8. The van der Waals surface area contributed by atoms with Crippen LogP contribution in [0.4, 0.5) is 0 Å². The average molecular weight is 1180 g/mol. The van der Waals surface area contributed by atoms with Crippen molar-refractivity contribution in [3.05, 3.63) is 118 Å². The highest BCUT2D eigenvalue weighted by Gasteiger charge is 2.45. The summed E-state index contributed by atoms with van der Waals surface area (Å²) in [5, 5.41) is 3.16. The van der Waals surface area contributed by atoms with Gasteiger partial charge in [-0.2, -0.15) is 0 Å². The number of aromatic amines is 2. The van der Waals surface area contributed by atoms with Crippen LogP contribution in [0, 0.1) is 0 Å². The van der Waals surface area contributed by atoms with Crippen molar-refractivity contribution in [3.8, 4) is 91.5 Å². The first-order valence-electron chi connectivity index (χ1n) is 31.5. The summed E-state index contributed by atoms with van der Waals surface area (Å²) in [5.41, 5.74) is 11.8. The predicted molar refractivity (Wildman–Crippen MR) is 346 cm³/mol. The largest absolute Gasteiger partial charge is 0.496 e. The molecule has 16 nitrogen and oxygen atoms in total. The zero-order valence-corrected chi connectivity index (χ0v) is 52.9. The summed E-state index contributed by atoms with van der Waals surface area (Å²) in [4.78, 5) is 40.6. The molecule has 2 aliphatic heterocycles. The Morgan fingerprint density at radius 2 is 0.591 bits per heavy atom. The number of ether oxygens (including phenoxy) is 8. The Labute approximate surface area is 513 Å². The lowest BCUT2D eigenvalue weighted by Gasteiger charge is -2.43. The van der Waals surface area contributed by atoms with E-state index in [1.165, 1.54) is 11.1 Å². The van der Waals surface area contributed by atoms with Gasteiger partial charge in [0.2, 0.25) is 0 Å². The molecular formula is C72H78N8O8. The Bertz CT molecular complexity index is 4130. The van der Waals surface area contributed by atoms with Crippen LogP contribution in [0.5, 0.6) is 46.0 Å². The summed E-state index contributed by atoms with van der Waals surface area (Å²) < 4.78 is 52.8. The molecule has 0 amide bonds. The van der Waals surface area contributed by atoms with Gasteiger partial charge in [0.1, 0.15) is 34.1 Å². The Hall–Kier alpha value is -8.92. The molecule has 9 aromatic rings. The lowest BCUT2D eigenvalue weighted by molar-refractivity contribution is 0.177. The molecule has 6 unspecified atom stereocenters. The third kappa shape index (κ3) is 10.0. The van der Waals surface area contributed by atoms with Gasteiger partial charge in [-0.05, 0) is 163 Å². The zero-order chi connectivity index (χ0) is 61.4. The highest BCUT2D eigenvalue weighted by atomic mass is 16.5. The normalized spacial score (nSPS) is 16.3. The van der Waals surface area contributed by atoms with Crippen molar-refractivity contribution in [3.63, 3.8) is 0 Å². The van der Waals surface area contributed by atoms with E-state index in [4.69, 9.17) is 67.8 Å². The van der Waals surface area contributed by atoms with Crippen molar-refractivity contribution in [2.75, 3.05) is 14.2 Å². The molecule has 6 aromatic carbocycles. The van der Waals surface area contributed by atoms with Gasteiger partial charge in [-0.25, -0.2) is 29.9 Å². The van der Waals surface area contributed by atoms with Crippen molar-refractivity contribution >= 4 is 44.1 Å². The second-order valence-electron chi connectivity index (χ2n) is 24.0. The smallest absolute Gasteiger partial charge is 0.164 e. The number of fused-ring (bicyclic) bond motifs is 20. The van der Waals surface area contributed by atoms with Crippen LogP contribution in [-0.4, -0.2) is 90.7 Å². The fourth-order valence-electron chi connectivity index (χ4n) is 12.3. The van der Waals surface area contributed by atoms with Gasteiger partial charge >= 0.3 is 0 Å². The summed E-state index contributed by atoms with van der Waals surface area (Å²) in [5.74, 6) is 6.45. The molecule has 0 saturated carbocycles. The molecule has 10 bridgehead atoms. The molecule has 88 heavy (non-hydrogen) atoms. The number of rotatable bonds is 20. The van der Waals surface area contributed by atoms with Crippen molar-refractivity contribution in [2.45, 2.75) is 170 Å². The summed E-state index contributed by atoms with van der Waals surface area (Å²) in [7, 11) is 3.48. The SMILES string of the molecule is CCC(C)Oc1cc2c(cc1OC(C)CC)-c1nc-2nc2[nH]c(nc3nc(nc4[nH]c(n1)c1cc5c(cc41)[C@@H]1c4ccccc4[C@H]5c4c(OC)ccc(OC)c41)-c1cc(OC(C)CC)c(OC(C)CC)cc1-3)c1cc(OC(C)CC)c(OC(C)CC)cc21. The first kappa shape index (κ1) is 58.1. The molecule has 5 heterocycles. The van der Waals surface area contributed by atoms with E-state index in [9.17, 15) is 0 Å². The van der Waals surface area contributed by atoms with Gasteiger partial charge in [-0.15, -0.1) is 0 Å². The van der Waals surface area contributed by atoms with Crippen molar-refractivity contribution in [2.24, 2.45) is 0 Å². The minimum Gasteiger partial charge on any atom is -0.496 e. The van der Waals surface area contributed by atoms with Gasteiger partial charge in [-0.1, -0.05) is 65.8 Å². The monoisotopic (exact) mass is 1180 g/mol. The number of H-pyrrole nitrogens is 2. The van der Waals surface area contributed by atoms with E-state index in [1.54, 1.807) is 14.2 Å². The summed E-state index contributed by atoms with van der Waals surface area (Å²) >= 11 is 0. The topological polar surface area (TPSA) is 183 Å². The average Bonchev–Trinajstić information content (AvgIpc) is 0.764. The van der Waals surface area contributed by atoms with Crippen LogP contribution in [-0.2, 0) is 0 Å². The summed E-state index contributed by atoms with van der Waals surface area (Å²) in [6.45, 7) is 25.0. The minimum absolute atomic E-state index is 0.110. The Morgan fingerprint density at radius 1 is 0.330 bits per heavy atom. The highest BCUT2D eigenvalue weighted by molar-refractivity contribution is 6.08. The maximum atomic E-state index is 6.73. The van der Waals surface area contributed by atoms with Crippen LogP contribution in [0.1, 0.15) is 167 Å². The number of methoxy groups -OCH3 is 2. The van der Waals surface area contributed by atoms with E-state index in [0.29, 0.717) is 91.5 Å². The maximum absolute atomic E-state index is 6.73. The van der Waals surface area contributed by atoms with Gasteiger partial charge in [0, 0.05) is 66.8 Å². The minimum atomic E-state index is -0.187. The van der Waals surface area contributed by atoms with Crippen LogP contribution >= 0.6 is 0 Å². The molecule has 0 spiro atoms. The van der Waals surface area contributed by atoms with Crippen LogP contribution in [0.25, 0.3) is 89.7 Å². The Kier molecular flexibility index (Phi) is 15.4. The van der Waals surface area contributed by atoms with E-state index in [-0.39, 0.29) is 48.5 Å². The van der Waals surface area contributed by atoms with E-state index >= 15 is 0 Å². The van der Waals surface area contributed by atoms with Gasteiger partial charge in [-0.3, -0.25) is 0 Å². The quantitative estimate of drug-likeness (QED) is 0.0735. The first-order chi connectivity index (χ1) is 42.6. The standard InChI is InChI=1S/C72H78N8O8/c1-15-35(7)83-55-29-47-49(31-57(55)85-37(9)17-3)69-76-67(47)74-65-45-27-43-44(62-42-24-22-21-23-41(42)61(43)63-53(81-13)25-26-54(82-14)64(62)63)28-46(45)66(73-65)75-68-48-30-56(84-36(8)16-2)58(86-38(10)18-4)32-50(48)70(77-68)79-72-52-34-60(88-40(12)20-6)59(87-39(11)19-5)33-51(52)71(78-69)80-72/h21-40,61-62H,15-20H2,1-14H3,(H2,73,74,75,76,77,78,79,80)/t35?,36?,37?,38?,39?,40?,61-,62+. The molecule has 14 rings (SSSR count). The lowest BCUT2D eigenvalue weighted by Crippen LogP contribution is -2.28. The number of benzene rings is 6. The third-order valence-electron chi connectivity index (χ3n) is 18.1. The van der Waals surface area contributed by atoms with Crippen molar-refractivity contribution in [1.82, 2.24) is 39.9 Å². The number of nitrogens with zero attached hydrogens (tertiary/aromatic N) is 6. The molecule has 0 radical (unpaired) electrons. The van der Waals surface area contributed by atoms with Crippen molar-refractivity contribution in [1.29, 1.82) is 0 Å². The molecule has 16 heteroatoms. The molecule has 3 aliphatic carbocycles. The molecule has 2 N–H and O–H groups in total. The second kappa shape index (κ2) is 23.3. The van der Waals surface area contributed by atoms with Crippen LogP contribution < -0.4 is 37.9 Å². The van der Waals surface area contributed by atoms with Crippen molar-refractivity contribution < 1.29 is 37.9 Å². The summed E-state index contributed by atoms with van der Waals surface area (Å²) in [6, 6.07) is 29.3. The van der Waals surface area contributed by atoms with Gasteiger partial charge in [0.25, 0.3) is 0 Å². The Balaban J connectivity index is 1.18. The zero-order valence-electron chi connectivity index (χ0n) is 52.9. The molecule has 454 valence electrons. The second-order valence-corrected chi connectivity index (χ2v) is 24.0. The molecular weight excluding hydrogens is 1100 g/mol. The van der Waals surface area contributed by atoms with E-state index in [0.717, 1.165) is 105 Å². The fourth-order valence-corrected chi connectivity index (χ4v) is 12.3. The highest BCUT2D eigenvalue weighted by Crippen LogP contribution is 2.61. The van der Waals surface area contributed by atoms with Gasteiger partial charge < -0.3 is 47.9 Å². The van der Waals surface area contributed by atoms with Crippen LogP contribution in [0.2, 0.25) is 0 Å². The maximum Gasteiger partial charge on any atom is 0.164 e. The Morgan fingerprint density at radius 3 is 0.852 bits per heavy atom. The molecule has 8 atom stereocenters. The number of hydrogen-bond acceptors (Lipinski definition) is 14. The molecule has 0 fully saturated rings. The lowest BCUT2D eigenvalue weighted by atomic mass is 9.60. The number of hydrogen-bond donors (Lipinski definition) is 2. The molecule has 3 aromatic heterocycles. The number of nitrogens with one attached hydrogen (secondary N) is 2. The third-order valence-corrected chi connectivity index (χ3v) is 18.1. The fraction of sp³-hybridized carbons (Fsp3) is 0.389. The predicted octanol–water partition coefficient (Wildman–Crippen LogP) is 16.9. The van der Waals surface area contributed by atoms with Crippen LogP contribution in [0.15, 0.2) is 84.9 Å². The van der Waals surface area contributed by atoms with Crippen LogP contribution in [0.3, 0.4) is 0 Å². The van der Waals surface area contributed by atoms with E-state index < -0.39 is 0 Å².